The summed E-state index contributed by atoms with van der Waals surface area (Å²) in [6.45, 7) is -0.0688. The Morgan fingerprint density at radius 1 is 1.35 bits per heavy atom. The molecule has 0 saturated carbocycles. The maximum absolute atomic E-state index is 13.7. The van der Waals surface area contributed by atoms with E-state index < -0.39 is 17.7 Å². The predicted octanol–water partition coefficient (Wildman–Crippen LogP) is 2.26. The molecule has 0 saturated heterocycles. The van der Waals surface area contributed by atoms with Crippen LogP contribution in [-0.2, 0) is 6.61 Å². The third-order valence-electron chi connectivity index (χ3n) is 2.52. The number of primary amides is 1. The standard InChI is InChI=1S/C13H10FNO4S/c14-10-3-7(12(15)16)1-2-8(10)5-19-9-4-11(13(17)18)20-6-9/h1-4,6H,5H2,(H2,15,16)(H,17,18). The van der Waals surface area contributed by atoms with Gasteiger partial charge in [-0.3, -0.25) is 4.79 Å². The number of rotatable bonds is 5. The molecule has 0 bridgehead atoms. The summed E-state index contributed by atoms with van der Waals surface area (Å²) in [4.78, 5) is 21.7. The molecule has 1 amide bonds. The van der Waals surface area contributed by atoms with Crippen molar-refractivity contribution < 1.29 is 23.8 Å². The third-order valence-corrected chi connectivity index (χ3v) is 3.41. The molecule has 2 aromatic rings. The number of nitrogens with two attached hydrogens (primary N) is 1. The number of ether oxygens (including phenoxy) is 1. The molecule has 0 unspecified atom stereocenters. The van der Waals surface area contributed by atoms with Crippen LogP contribution in [0, 0.1) is 5.82 Å². The van der Waals surface area contributed by atoms with Crippen LogP contribution >= 0.6 is 11.3 Å². The quantitative estimate of drug-likeness (QED) is 0.885. The summed E-state index contributed by atoms with van der Waals surface area (Å²) >= 11 is 1.02. The van der Waals surface area contributed by atoms with Gasteiger partial charge in [-0.15, -0.1) is 11.3 Å². The van der Waals surface area contributed by atoms with Crippen LogP contribution in [0.4, 0.5) is 4.39 Å². The first-order chi connectivity index (χ1) is 9.47. The molecule has 7 heteroatoms. The summed E-state index contributed by atoms with van der Waals surface area (Å²) in [6.07, 6.45) is 0. The van der Waals surface area contributed by atoms with E-state index in [1.54, 1.807) is 0 Å². The molecule has 1 aromatic carbocycles. The number of carboxylic acid groups (broad SMARTS) is 1. The van der Waals surface area contributed by atoms with Crippen LogP contribution in [-0.4, -0.2) is 17.0 Å². The highest BCUT2D eigenvalue weighted by atomic mass is 32.1. The molecule has 104 valence electrons. The maximum Gasteiger partial charge on any atom is 0.346 e. The zero-order valence-electron chi connectivity index (χ0n) is 10.1. The Bertz CT molecular complexity index is 668. The first-order valence-electron chi connectivity index (χ1n) is 5.50. The van der Waals surface area contributed by atoms with E-state index in [0.29, 0.717) is 5.75 Å². The molecule has 0 spiro atoms. The molecule has 0 aliphatic heterocycles. The Morgan fingerprint density at radius 2 is 2.10 bits per heavy atom. The number of hydrogen-bond donors (Lipinski definition) is 2. The zero-order valence-corrected chi connectivity index (χ0v) is 10.9. The first kappa shape index (κ1) is 14.0. The number of carboxylic acids is 1. The first-order valence-corrected chi connectivity index (χ1v) is 6.38. The van der Waals surface area contributed by atoms with Crippen molar-refractivity contribution in [2.24, 2.45) is 5.73 Å². The summed E-state index contributed by atoms with van der Waals surface area (Å²) in [5.74, 6) is -2.00. The Morgan fingerprint density at radius 3 is 2.65 bits per heavy atom. The van der Waals surface area contributed by atoms with Crippen LogP contribution in [0.15, 0.2) is 29.6 Å². The Labute approximate surface area is 117 Å². The van der Waals surface area contributed by atoms with E-state index in [9.17, 15) is 14.0 Å². The minimum Gasteiger partial charge on any atom is -0.488 e. The van der Waals surface area contributed by atoms with Crippen molar-refractivity contribution in [2.45, 2.75) is 6.61 Å². The van der Waals surface area contributed by atoms with Crippen molar-refractivity contribution in [3.8, 4) is 5.75 Å². The van der Waals surface area contributed by atoms with Crippen molar-refractivity contribution in [3.63, 3.8) is 0 Å². The molecule has 3 N–H and O–H groups in total. The number of carbonyl (C=O) groups excluding carboxylic acids is 1. The van der Waals surface area contributed by atoms with Gasteiger partial charge in [0.15, 0.2) is 0 Å². The van der Waals surface area contributed by atoms with E-state index >= 15 is 0 Å². The average Bonchev–Trinajstić information content (AvgIpc) is 2.86. The van der Waals surface area contributed by atoms with E-state index in [-0.39, 0.29) is 22.6 Å². The van der Waals surface area contributed by atoms with Gasteiger partial charge in [0.25, 0.3) is 0 Å². The lowest BCUT2D eigenvalue weighted by molar-refractivity contribution is 0.0701. The van der Waals surface area contributed by atoms with Gasteiger partial charge in [0, 0.05) is 22.6 Å². The van der Waals surface area contributed by atoms with Gasteiger partial charge in [-0.2, -0.15) is 0 Å². The molecule has 1 heterocycles. The Kier molecular flexibility index (Phi) is 3.99. The highest BCUT2D eigenvalue weighted by molar-refractivity contribution is 7.12. The second-order valence-corrected chi connectivity index (χ2v) is 4.82. The van der Waals surface area contributed by atoms with E-state index in [4.69, 9.17) is 15.6 Å². The third kappa shape index (κ3) is 3.12. The molecule has 0 radical (unpaired) electrons. The topological polar surface area (TPSA) is 89.6 Å². The lowest BCUT2D eigenvalue weighted by atomic mass is 10.1. The summed E-state index contributed by atoms with van der Waals surface area (Å²) in [5, 5.41) is 10.3. The van der Waals surface area contributed by atoms with Gasteiger partial charge in [-0.05, 0) is 12.1 Å². The van der Waals surface area contributed by atoms with Gasteiger partial charge in [-0.1, -0.05) is 6.07 Å². The molecule has 0 fully saturated rings. The second kappa shape index (κ2) is 5.70. The molecule has 0 aliphatic carbocycles. The fourth-order valence-corrected chi connectivity index (χ4v) is 2.15. The fourth-order valence-electron chi connectivity index (χ4n) is 1.49. The van der Waals surface area contributed by atoms with Crippen LogP contribution in [0.25, 0.3) is 0 Å². The molecule has 20 heavy (non-hydrogen) atoms. The number of amides is 1. The summed E-state index contributed by atoms with van der Waals surface area (Å²) < 4.78 is 19.0. The molecule has 5 nitrogen and oxygen atoms in total. The maximum atomic E-state index is 13.7. The monoisotopic (exact) mass is 295 g/mol. The van der Waals surface area contributed by atoms with E-state index in [2.05, 4.69) is 0 Å². The lowest BCUT2D eigenvalue weighted by Crippen LogP contribution is -2.11. The van der Waals surface area contributed by atoms with Gasteiger partial charge in [-0.25, -0.2) is 9.18 Å². The van der Waals surface area contributed by atoms with Crippen LogP contribution in [0.5, 0.6) is 5.75 Å². The normalized spacial score (nSPS) is 10.2. The second-order valence-electron chi connectivity index (χ2n) is 3.91. The Hall–Kier alpha value is -2.41. The highest BCUT2D eigenvalue weighted by Gasteiger charge is 2.10. The van der Waals surface area contributed by atoms with E-state index in [1.165, 1.54) is 23.6 Å². The predicted molar refractivity (Wildman–Crippen MR) is 70.5 cm³/mol. The van der Waals surface area contributed by atoms with E-state index in [1.807, 2.05) is 0 Å². The number of aromatic carboxylic acids is 1. The fraction of sp³-hybridized carbons (Fsp3) is 0.0769. The largest absolute Gasteiger partial charge is 0.488 e. The molecular formula is C13H10FNO4S. The van der Waals surface area contributed by atoms with E-state index in [0.717, 1.165) is 17.4 Å². The molecular weight excluding hydrogens is 285 g/mol. The van der Waals surface area contributed by atoms with Crippen molar-refractivity contribution >= 4 is 23.2 Å². The van der Waals surface area contributed by atoms with Crippen LogP contribution < -0.4 is 10.5 Å². The van der Waals surface area contributed by atoms with Crippen LogP contribution in [0.3, 0.4) is 0 Å². The van der Waals surface area contributed by atoms with Crippen molar-refractivity contribution in [1.29, 1.82) is 0 Å². The summed E-state index contributed by atoms with van der Waals surface area (Å²) in [5.41, 5.74) is 5.36. The highest BCUT2D eigenvalue weighted by Crippen LogP contribution is 2.23. The minimum absolute atomic E-state index is 0.0688. The van der Waals surface area contributed by atoms with Gasteiger partial charge in [0.05, 0.1) is 0 Å². The van der Waals surface area contributed by atoms with Gasteiger partial charge < -0.3 is 15.6 Å². The van der Waals surface area contributed by atoms with Crippen LogP contribution in [0.1, 0.15) is 25.6 Å². The SMILES string of the molecule is NC(=O)c1ccc(COc2csc(C(=O)O)c2)c(F)c1. The minimum atomic E-state index is -1.04. The van der Waals surface area contributed by atoms with Crippen molar-refractivity contribution in [3.05, 3.63) is 51.5 Å². The van der Waals surface area contributed by atoms with Crippen LogP contribution in [0.2, 0.25) is 0 Å². The molecule has 1 aromatic heterocycles. The number of halogens is 1. The zero-order chi connectivity index (χ0) is 14.7. The molecule has 2 rings (SSSR count). The smallest absolute Gasteiger partial charge is 0.346 e. The number of thiophene rings is 1. The molecule has 0 aliphatic rings. The Balaban J connectivity index is 2.06. The van der Waals surface area contributed by atoms with Gasteiger partial charge in [0.1, 0.15) is 23.1 Å². The lowest BCUT2D eigenvalue weighted by Gasteiger charge is -2.06. The molecule has 0 atom stereocenters. The van der Waals surface area contributed by atoms with Gasteiger partial charge >= 0.3 is 5.97 Å². The summed E-state index contributed by atoms with van der Waals surface area (Å²) in [6, 6.07) is 5.21. The van der Waals surface area contributed by atoms with Crippen molar-refractivity contribution in [1.82, 2.24) is 0 Å². The number of carbonyl (C=O) groups is 2. The number of benzene rings is 1. The van der Waals surface area contributed by atoms with Crippen molar-refractivity contribution in [2.75, 3.05) is 0 Å². The van der Waals surface area contributed by atoms with Gasteiger partial charge in [0.2, 0.25) is 5.91 Å². The summed E-state index contributed by atoms with van der Waals surface area (Å²) in [7, 11) is 0. The average molecular weight is 295 g/mol. The number of hydrogen-bond acceptors (Lipinski definition) is 4.